The molecule has 1 aliphatic rings. The van der Waals surface area contributed by atoms with Crippen LogP contribution >= 0.6 is 11.3 Å². The largest absolute Gasteiger partial charge is 0.339 e. The number of hydrogen-bond donors (Lipinski definition) is 1. The number of aromatic nitrogens is 3. The van der Waals surface area contributed by atoms with Gasteiger partial charge in [-0.3, -0.25) is 9.69 Å². The van der Waals surface area contributed by atoms with Crippen molar-refractivity contribution in [1.29, 1.82) is 0 Å². The Bertz CT molecular complexity index is 967. The zero-order valence-electron chi connectivity index (χ0n) is 16.7. The van der Waals surface area contributed by atoms with Crippen molar-refractivity contribution in [3.63, 3.8) is 0 Å². The van der Waals surface area contributed by atoms with E-state index in [1.54, 1.807) is 11.3 Å². The normalized spacial score (nSPS) is 14.2. The molecule has 1 aromatic carbocycles. The van der Waals surface area contributed by atoms with Gasteiger partial charge in [0, 0.05) is 49.7 Å². The number of benzene rings is 1. The highest BCUT2D eigenvalue weighted by Crippen LogP contribution is 2.29. The van der Waals surface area contributed by atoms with Crippen molar-refractivity contribution in [2.24, 2.45) is 0 Å². The third-order valence-corrected chi connectivity index (χ3v) is 5.87. The molecule has 8 heteroatoms. The summed E-state index contributed by atoms with van der Waals surface area (Å²) in [5, 5.41) is 7.53. The van der Waals surface area contributed by atoms with E-state index in [0.717, 1.165) is 31.7 Å². The Morgan fingerprint density at radius 2 is 2.10 bits per heavy atom. The van der Waals surface area contributed by atoms with Gasteiger partial charge in [0.25, 0.3) is 0 Å². The Hall–Kier alpha value is -2.58. The molecule has 2 aromatic heterocycles. The standard InChI is InChI=1S/C21H25N5O2S/c1-14(2)20-24-19(28-25-20)9-8-18(27)23-21-22-16-10-11-26(13-17(16)29-21)12-15-6-4-3-5-7-15/h3-7,14H,8-13H2,1-2H3,(H,22,23,27). The minimum atomic E-state index is -0.0819. The summed E-state index contributed by atoms with van der Waals surface area (Å²) in [7, 11) is 0. The Balaban J connectivity index is 1.30. The second-order valence-corrected chi connectivity index (χ2v) is 8.67. The molecule has 7 nitrogen and oxygen atoms in total. The molecule has 3 aromatic rings. The molecule has 0 radical (unpaired) electrons. The van der Waals surface area contributed by atoms with Crippen molar-refractivity contribution < 1.29 is 9.32 Å². The summed E-state index contributed by atoms with van der Waals surface area (Å²) in [6, 6.07) is 10.5. The van der Waals surface area contributed by atoms with Crippen molar-refractivity contribution >= 4 is 22.4 Å². The van der Waals surface area contributed by atoms with E-state index in [0.29, 0.717) is 29.7 Å². The molecule has 3 heterocycles. The van der Waals surface area contributed by atoms with Crippen molar-refractivity contribution in [3.05, 3.63) is 58.2 Å². The van der Waals surface area contributed by atoms with Gasteiger partial charge in [0.2, 0.25) is 11.8 Å². The van der Waals surface area contributed by atoms with Gasteiger partial charge in [-0.1, -0.05) is 49.3 Å². The van der Waals surface area contributed by atoms with Crippen LogP contribution in [0, 0.1) is 0 Å². The Kier molecular flexibility index (Phi) is 6.01. The van der Waals surface area contributed by atoms with Crippen LogP contribution in [0.3, 0.4) is 0 Å². The van der Waals surface area contributed by atoms with Crippen LogP contribution < -0.4 is 5.32 Å². The first-order valence-corrected chi connectivity index (χ1v) is 10.8. The molecular formula is C21H25N5O2S. The van der Waals surface area contributed by atoms with Crippen LogP contribution in [0.4, 0.5) is 5.13 Å². The number of rotatable bonds is 7. The molecule has 1 aliphatic heterocycles. The number of anilines is 1. The Labute approximate surface area is 174 Å². The smallest absolute Gasteiger partial charge is 0.227 e. The molecule has 1 N–H and O–H groups in total. The molecule has 0 saturated carbocycles. The average Bonchev–Trinajstić information content (AvgIpc) is 3.33. The maximum absolute atomic E-state index is 12.3. The molecule has 0 fully saturated rings. The van der Waals surface area contributed by atoms with E-state index in [-0.39, 0.29) is 11.8 Å². The zero-order valence-corrected chi connectivity index (χ0v) is 17.5. The molecule has 0 aliphatic carbocycles. The van der Waals surface area contributed by atoms with Crippen LogP contribution in [0.2, 0.25) is 0 Å². The summed E-state index contributed by atoms with van der Waals surface area (Å²) in [5.74, 6) is 1.30. The lowest BCUT2D eigenvalue weighted by atomic mass is 10.1. The summed E-state index contributed by atoms with van der Waals surface area (Å²) < 4.78 is 5.19. The average molecular weight is 412 g/mol. The van der Waals surface area contributed by atoms with Gasteiger partial charge in [0.05, 0.1) is 5.69 Å². The number of carbonyl (C=O) groups is 1. The van der Waals surface area contributed by atoms with Crippen molar-refractivity contribution in [2.75, 3.05) is 11.9 Å². The van der Waals surface area contributed by atoms with E-state index in [1.165, 1.54) is 10.4 Å². The summed E-state index contributed by atoms with van der Waals surface area (Å²) in [4.78, 5) is 24.9. The molecule has 1 amide bonds. The quantitative estimate of drug-likeness (QED) is 0.637. The predicted octanol–water partition coefficient (Wildman–Crippen LogP) is 3.78. The topological polar surface area (TPSA) is 84.2 Å². The lowest BCUT2D eigenvalue weighted by molar-refractivity contribution is -0.116. The summed E-state index contributed by atoms with van der Waals surface area (Å²) in [5.41, 5.74) is 2.42. The highest BCUT2D eigenvalue weighted by Gasteiger charge is 2.21. The molecule has 0 unspecified atom stereocenters. The molecule has 0 saturated heterocycles. The number of nitrogens with zero attached hydrogens (tertiary/aromatic N) is 4. The number of nitrogens with one attached hydrogen (secondary N) is 1. The predicted molar refractivity (Wildman–Crippen MR) is 112 cm³/mol. The number of amides is 1. The number of thiazole rings is 1. The molecule has 0 bridgehead atoms. The zero-order chi connectivity index (χ0) is 20.2. The van der Waals surface area contributed by atoms with E-state index in [9.17, 15) is 4.79 Å². The van der Waals surface area contributed by atoms with Crippen molar-refractivity contribution in [2.45, 2.75) is 52.1 Å². The first-order valence-electron chi connectivity index (χ1n) is 9.94. The Morgan fingerprint density at radius 3 is 2.86 bits per heavy atom. The van der Waals surface area contributed by atoms with Crippen LogP contribution in [-0.4, -0.2) is 32.5 Å². The minimum Gasteiger partial charge on any atom is -0.339 e. The van der Waals surface area contributed by atoms with Gasteiger partial charge >= 0.3 is 0 Å². The fourth-order valence-corrected chi connectivity index (χ4v) is 4.35. The maximum Gasteiger partial charge on any atom is 0.227 e. The van der Waals surface area contributed by atoms with Gasteiger partial charge in [0.1, 0.15) is 0 Å². The van der Waals surface area contributed by atoms with Crippen molar-refractivity contribution in [3.8, 4) is 0 Å². The van der Waals surface area contributed by atoms with Gasteiger partial charge in [-0.15, -0.1) is 11.3 Å². The summed E-state index contributed by atoms with van der Waals surface area (Å²) in [6.45, 7) is 6.80. The number of aryl methyl sites for hydroxylation is 1. The first-order chi connectivity index (χ1) is 14.1. The third-order valence-electron chi connectivity index (χ3n) is 4.87. The minimum absolute atomic E-state index is 0.0819. The molecule has 0 atom stereocenters. The first kappa shape index (κ1) is 19.7. The number of carbonyl (C=O) groups excluding carboxylic acids is 1. The molecule has 29 heavy (non-hydrogen) atoms. The van der Waals surface area contributed by atoms with E-state index < -0.39 is 0 Å². The van der Waals surface area contributed by atoms with E-state index in [2.05, 4.69) is 49.6 Å². The number of fused-ring (bicyclic) bond motifs is 1. The highest BCUT2D eigenvalue weighted by molar-refractivity contribution is 7.15. The monoisotopic (exact) mass is 411 g/mol. The lowest BCUT2D eigenvalue weighted by Crippen LogP contribution is -2.29. The van der Waals surface area contributed by atoms with E-state index in [1.807, 2.05) is 19.9 Å². The van der Waals surface area contributed by atoms with Gasteiger partial charge in [-0.2, -0.15) is 4.98 Å². The summed E-state index contributed by atoms with van der Waals surface area (Å²) >= 11 is 1.57. The SMILES string of the molecule is CC(C)c1noc(CCC(=O)Nc2nc3c(s2)CN(Cc2ccccc2)CC3)n1. The van der Waals surface area contributed by atoms with E-state index >= 15 is 0 Å². The van der Waals surface area contributed by atoms with Gasteiger partial charge in [-0.05, 0) is 5.56 Å². The highest BCUT2D eigenvalue weighted by atomic mass is 32.1. The fraction of sp³-hybridized carbons (Fsp3) is 0.429. The maximum atomic E-state index is 12.3. The van der Waals surface area contributed by atoms with E-state index in [4.69, 9.17) is 4.52 Å². The lowest BCUT2D eigenvalue weighted by Gasteiger charge is -2.25. The van der Waals surface area contributed by atoms with Crippen LogP contribution in [-0.2, 0) is 30.7 Å². The summed E-state index contributed by atoms with van der Waals surface area (Å²) in [6.07, 6.45) is 1.64. The van der Waals surface area contributed by atoms with Crippen LogP contribution in [0.25, 0.3) is 0 Å². The van der Waals surface area contributed by atoms with Gasteiger partial charge in [-0.25, -0.2) is 4.98 Å². The van der Waals surface area contributed by atoms with Gasteiger partial charge in [0.15, 0.2) is 11.0 Å². The Morgan fingerprint density at radius 1 is 1.28 bits per heavy atom. The van der Waals surface area contributed by atoms with Crippen molar-refractivity contribution in [1.82, 2.24) is 20.0 Å². The van der Waals surface area contributed by atoms with Crippen LogP contribution in [0.1, 0.15) is 54.0 Å². The molecular weight excluding hydrogens is 386 g/mol. The third kappa shape index (κ3) is 5.07. The van der Waals surface area contributed by atoms with Crippen LogP contribution in [0.5, 0.6) is 0 Å². The molecule has 4 rings (SSSR count). The molecule has 0 spiro atoms. The van der Waals surface area contributed by atoms with Gasteiger partial charge < -0.3 is 9.84 Å². The second-order valence-electron chi connectivity index (χ2n) is 7.58. The second kappa shape index (κ2) is 8.84. The number of hydrogen-bond acceptors (Lipinski definition) is 7. The van der Waals surface area contributed by atoms with Crippen LogP contribution in [0.15, 0.2) is 34.9 Å². The molecule has 152 valence electrons. The fourth-order valence-electron chi connectivity index (χ4n) is 3.28.